The molecule has 5 nitrogen and oxygen atoms in total. The van der Waals surface area contributed by atoms with Gasteiger partial charge in [-0.25, -0.2) is 22.0 Å². The van der Waals surface area contributed by atoms with E-state index in [0.717, 1.165) is 0 Å². The van der Waals surface area contributed by atoms with Crippen LogP contribution in [0.1, 0.15) is 23.7 Å². The molecule has 0 radical (unpaired) electrons. The topological polar surface area (TPSA) is 80.7 Å². The Morgan fingerprint density at radius 3 is 2.50 bits per heavy atom. The SMILES string of the molecule is CCCOCCS(=O)(=O)c1cc(C(=O)O)cc(F)c1F. The molecule has 0 aromatic heterocycles. The molecule has 0 aliphatic carbocycles. The molecule has 1 aromatic carbocycles. The van der Waals surface area contributed by atoms with Crippen molar-refractivity contribution in [3.8, 4) is 0 Å². The fourth-order valence-electron chi connectivity index (χ4n) is 1.44. The third kappa shape index (κ3) is 3.97. The van der Waals surface area contributed by atoms with E-state index < -0.39 is 43.7 Å². The number of rotatable bonds is 7. The van der Waals surface area contributed by atoms with E-state index in [1.807, 2.05) is 6.92 Å². The fraction of sp³-hybridized carbons (Fsp3) is 0.417. The zero-order valence-electron chi connectivity index (χ0n) is 10.7. The monoisotopic (exact) mass is 308 g/mol. The van der Waals surface area contributed by atoms with E-state index in [-0.39, 0.29) is 6.61 Å². The van der Waals surface area contributed by atoms with Gasteiger partial charge in [-0.15, -0.1) is 0 Å². The summed E-state index contributed by atoms with van der Waals surface area (Å²) < 4.78 is 55.5. The second-order valence-corrected chi connectivity index (χ2v) is 6.08. The molecule has 0 saturated carbocycles. The lowest BCUT2D eigenvalue weighted by Crippen LogP contribution is -2.16. The van der Waals surface area contributed by atoms with E-state index in [1.165, 1.54) is 0 Å². The van der Waals surface area contributed by atoms with Gasteiger partial charge in [-0.05, 0) is 18.6 Å². The minimum atomic E-state index is -4.15. The number of ether oxygens (including phenoxy) is 1. The maximum Gasteiger partial charge on any atom is 0.335 e. The Bertz CT molecular complexity index is 598. The van der Waals surface area contributed by atoms with E-state index in [4.69, 9.17) is 9.84 Å². The lowest BCUT2D eigenvalue weighted by atomic mass is 10.2. The number of carbonyl (C=O) groups is 1. The number of carboxylic acid groups (broad SMARTS) is 1. The van der Waals surface area contributed by atoms with Crippen LogP contribution in [-0.2, 0) is 14.6 Å². The summed E-state index contributed by atoms with van der Waals surface area (Å²) in [6.07, 6.45) is 0.692. The first-order valence-corrected chi connectivity index (χ1v) is 7.47. The molecule has 0 heterocycles. The number of hydrogen-bond donors (Lipinski definition) is 1. The van der Waals surface area contributed by atoms with Gasteiger partial charge >= 0.3 is 5.97 Å². The van der Waals surface area contributed by atoms with Crippen molar-refractivity contribution in [2.75, 3.05) is 19.0 Å². The van der Waals surface area contributed by atoms with Gasteiger partial charge in [-0.3, -0.25) is 0 Å². The fourth-order valence-corrected chi connectivity index (χ4v) is 2.67. The van der Waals surface area contributed by atoms with E-state index in [9.17, 15) is 22.0 Å². The molecule has 0 saturated heterocycles. The number of hydrogen-bond acceptors (Lipinski definition) is 4. The van der Waals surface area contributed by atoms with Crippen molar-refractivity contribution in [1.82, 2.24) is 0 Å². The van der Waals surface area contributed by atoms with Crippen molar-refractivity contribution in [3.05, 3.63) is 29.3 Å². The molecule has 0 fully saturated rings. The molecule has 0 aliphatic heterocycles. The Kier molecular flexibility index (Phi) is 5.58. The molecule has 1 aromatic rings. The molecule has 112 valence electrons. The van der Waals surface area contributed by atoms with Gasteiger partial charge in [0.25, 0.3) is 0 Å². The largest absolute Gasteiger partial charge is 0.478 e. The van der Waals surface area contributed by atoms with Crippen molar-refractivity contribution in [2.45, 2.75) is 18.2 Å². The van der Waals surface area contributed by atoms with Crippen LogP contribution in [-0.4, -0.2) is 38.5 Å². The summed E-state index contributed by atoms with van der Waals surface area (Å²) in [6.45, 7) is 2.01. The molecule has 0 amide bonds. The number of carboxylic acids is 1. The first kappa shape index (κ1) is 16.5. The molecule has 1 N–H and O–H groups in total. The Balaban J connectivity index is 3.07. The molecule has 0 spiro atoms. The van der Waals surface area contributed by atoms with Crippen molar-refractivity contribution in [3.63, 3.8) is 0 Å². The molecule has 0 unspecified atom stereocenters. The smallest absolute Gasteiger partial charge is 0.335 e. The maximum absolute atomic E-state index is 13.5. The highest BCUT2D eigenvalue weighted by molar-refractivity contribution is 7.91. The van der Waals surface area contributed by atoms with Gasteiger partial charge in [0.15, 0.2) is 21.5 Å². The number of sulfone groups is 1. The molecule has 0 bridgehead atoms. The van der Waals surface area contributed by atoms with Crippen LogP contribution in [0.15, 0.2) is 17.0 Å². The predicted octanol–water partition coefficient (Wildman–Crippen LogP) is 1.86. The van der Waals surface area contributed by atoms with Crippen LogP contribution < -0.4 is 0 Å². The minimum absolute atomic E-state index is 0.172. The summed E-state index contributed by atoms with van der Waals surface area (Å²) in [7, 11) is -4.15. The van der Waals surface area contributed by atoms with E-state index in [0.29, 0.717) is 25.2 Å². The van der Waals surface area contributed by atoms with Gasteiger partial charge in [0.1, 0.15) is 4.90 Å². The molecule has 1 rings (SSSR count). The van der Waals surface area contributed by atoms with E-state index in [2.05, 4.69) is 0 Å². The second kappa shape index (κ2) is 6.76. The number of benzene rings is 1. The van der Waals surface area contributed by atoms with Gasteiger partial charge in [-0.2, -0.15) is 0 Å². The minimum Gasteiger partial charge on any atom is -0.478 e. The van der Waals surface area contributed by atoms with Crippen molar-refractivity contribution >= 4 is 15.8 Å². The Morgan fingerprint density at radius 2 is 1.95 bits per heavy atom. The molecule has 0 aliphatic rings. The van der Waals surface area contributed by atoms with Crippen LogP contribution in [0.25, 0.3) is 0 Å². The maximum atomic E-state index is 13.5. The molecule has 20 heavy (non-hydrogen) atoms. The van der Waals surface area contributed by atoms with Crippen LogP contribution in [0, 0.1) is 11.6 Å². The average molecular weight is 308 g/mol. The standard InChI is InChI=1S/C12H14F2O5S/c1-2-3-19-4-5-20(17,18)10-7-8(12(15)16)6-9(13)11(10)14/h6-7H,2-5H2,1H3,(H,15,16). The van der Waals surface area contributed by atoms with Crippen LogP contribution in [0.2, 0.25) is 0 Å². The van der Waals surface area contributed by atoms with Crippen LogP contribution in [0.5, 0.6) is 0 Å². The summed E-state index contributed by atoms with van der Waals surface area (Å²) >= 11 is 0. The van der Waals surface area contributed by atoms with E-state index >= 15 is 0 Å². The highest BCUT2D eigenvalue weighted by Crippen LogP contribution is 2.21. The van der Waals surface area contributed by atoms with Gasteiger partial charge in [0.2, 0.25) is 0 Å². The third-order valence-electron chi connectivity index (χ3n) is 2.42. The van der Waals surface area contributed by atoms with Crippen LogP contribution >= 0.6 is 0 Å². The molecular weight excluding hydrogens is 294 g/mol. The zero-order valence-corrected chi connectivity index (χ0v) is 11.5. The molecular formula is C12H14F2O5S. The molecule has 0 atom stereocenters. The Hall–Kier alpha value is -1.54. The average Bonchev–Trinajstić information content (AvgIpc) is 2.37. The summed E-state index contributed by atoms with van der Waals surface area (Å²) in [5.74, 6) is -5.18. The Labute approximate surface area is 115 Å². The summed E-state index contributed by atoms with van der Waals surface area (Å²) in [6, 6.07) is 1.04. The highest BCUT2D eigenvalue weighted by atomic mass is 32.2. The second-order valence-electron chi connectivity index (χ2n) is 4.01. The van der Waals surface area contributed by atoms with Crippen molar-refractivity contribution < 1.29 is 31.8 Å². The van der Waals surface area contributed by atoms with Crippen molar-refractivity contribution in [1.29, 1.82) is 0 Å². The first-order chi connectivity index (χ1) is 9.29. The van der Waals surface area contributed by atoms with Gasteiger partial charge < -0.3 is 9.84 Å². The summed E-state index contributed by atoms with van der Waals surface area (Å²) in [5, 5.41) is 8.73. The normalized spacial score (nSPS) is 11.6. The summed E-state index contributed by atoms with van der Waals surface area (Å²) in [5.41, 5.74) is -0.628. The number of halogens is 2. The Morgan fingerprint density at radius 1 is 1.30 bits per heavy atom. The zero-order chi connectivity index (χ0) is 15.3. The van der Waals surface area contributed by atoms with Gasteiger partial charge in [0.05, 0.1) is 17.9 Å². The first-order valence-electron chi connectivity index (χ1n) is 5.82. The number of aromatic carboxylic acids is 1. The lowest BCUT2D eigenvalue weighted by molar-refractivity contribution is 0.0696. The predicted molar refractivity (Wildman–Crippen MR) is 66.5 cm³/mol. The lowest BCUT2D eigenvalue weighted by Gasteiger charge is -2.08. The van der Waals surface area contributed by atoms with Gasteiger partial charge in [0, 0.05) is 6.61 Å². The third-order valence-corrected chi connectivity index (χ3v) is 4.09. The molecule has 8 heteroatoms. The van der Waals surface area contributed by atoms with E-state index in [1.54, 1.807) is 0 Å². The van der Waals surface area contributed by atoms with Crippen LogP contribution in [0.3, 0.4) is 0 Å². The van der Waals surface area contributed by atoms with Crippen molar-refractivity contribution in [2.24, 2.45) is 0 Å². The van der Waals surface area contributed by atoms with Crippen LogP contribution in [0.4, 0.5) is 8.78 Å². The summed E-state index contributed by atoms with van der Waals surface area (Å²) in [4.78, 5) is 9.77. The van der Waals surface area contributed by atoms with Gasteiger partial charge in [-0.1, -0.05) is 6.92 Å². The highest BCUT2D eigenvalue weighted by Gasteiger charge is 2.24. The quantitative estimate of drug-likeness (QED) is 0.778.